The molecule has 0 spiro atoms. The second kappa shape index (κ2) is 7.91. The summed E-state index contributed by atoms with van der Waals surface area (Å²) in [6, 6.07) is -0.168. The van der Waals surface area contributed by atoms with Gasteiger partial charge in [-0.3, -0.25) is 4.79 Å². The molecular weight excluding hydrogens is 218 g/mol. The average molecular weight is 238 g/mol. The number of carbonyl (C=O) groups excluding carboxylic acids is 1. The Morgan fingerprint density at radius 2 is 2.13 bits per heavy atom. The third kappa shape index (κ3) is 4.36. The Hall–Kier alpha value is -0.320. The predicted octanol–water partition coefficient (Wildman–Crippen LogP) is 0.986. The molecule has 1 unspecified atom stereocenters. The van der Waals surface area contributed by atoms with Crippen LogP contribution in [0.15, 0.2) is 0 Å². The largest absolute Gasteiger partial charge is 0.465 e. The predicted molar refractivity (Wildman–Crippen MR) is 60.3 cm³/mol. The summed E-state index contributed by atoms with van der Waals surface area (Å²) in [6.45, 7) is 3.78. The molecule has 15 heavy (non-hydrogen) atoms. The van der Waals surface area contributed by atoms with Crippen molar-refractivity contribution < 1.29 is 14.3 Å². The molecule has 4 nitrogen and oxygen atoms in total. The molecule has 0 bridgehead atoms. The summed E-state index contributed by atoms with van der Waals surface area (Å²) < 4.78 is 10.3. The van der Waals surface area contributed by atoms with Gasteiger partial charge in [-0.25, -0.2) is 0 Å². The number of nitrogens with one attached hydrogen (secondary N) is 1. The summed E-state index contributed by atoms with van der Waals surface area (Å²) in [6.07, 6.45) is 1.87. The van der Waals surface area contributed by atoms with Gasteiger partial charge in [0, 0.05) is 13.2 Å². The van der Waals surface area contributed by atoms with Gasteiger partial charge in [0.05, 0.1) is 6.61 Å². The van der Waals surface area contributed by atoms with Crippen LogP contribution in [0.5, 0.6) is 0 Å². The number of carbonyl (C=O) groups is 1. The molecule has 1 rings (SSSR count). The van der Waals surface area contributed by atoms with E-state index in [4.69, 9.17) is 9.47 Å². The molecule has 0 saturated carbocycles. The van der Waals surface area contributed by atoms with Crippen molar-refractivity contribution in [2.24, 2.45) is 5.92 Å². The highest BCUT2D eigenvalue weighted by atomic mass is 35.5. The minimum absolute atomic E-state index is 0. The molecule has 5 heteroatoms. The number of ether oxygens (including phenoxy) is 2. The summed E-state index contributed by atoms with van der Waals surface area (Å²) in [4.78, 5) is 11.5. The molecule has 0 aromatic rings. The van der Waals surface area contributed by atoms with E-state index in [0.717, 1.165) is 26.1 Å². The van der Waals surface area contributed by atoms with Gasteiger partial charge in [0.2, 0.25) is 0 Å². The SMILES string of the molecule is CCOC(=O)C(NC)C1CCOCC1.Cl. The van der Waals surface area contributed by atoms with Gasteiger partial charge >= 0.3 is 5.97 Å². The number of likely N-dealkylation sites (N-methyl/N-ethyl adjacent to an activating group) is 1. The third-order valence-corrected chi connectivity index (χ3v) is 2.59. The van der Waals surface area contributed by atoms with Crippen LogP contribution in [0.4, 0.5) is 0 Å². The Labute approximate surface area is 97.1 Å². The van der Waals surface area contributed by atoms with Crippen LogP contribution in [-0.2, 0) is 14.3 Å². The van der Waals surface area contributed by atoms with Gasteiger partial charge in [-0.15, -0.1) is 12.4 Å². The molecule has 1 saturated heterocycles. The Kier molecular flexibility index (Phi) is 7.74. The van der Waals surface area contributed by atoms with Crippen molar-refractivity contribution in [2.75, 3.05) is 26.9 Å². The molecule has 1 N–H and O–H groups in total. The summed E-state index contributed by atoms with van der Waals surface area (Å²) in [5.41, 5.74) is 0. The number of esters is 1. The van der Waals surface area contributed by atoms with E-state index in [9.17, 15) is 4.79 Å². The summed E-state index contributed by atoms with van der Waals surface area (Å²) in [5, 5.41) is 3.03. The lowest BCUT2D eigenvalue weighted by Crippen LogP contribution is -2.44. The quantitative estimate of drug-likeness (QED) is 0.741. The zero-order chi connectivity index (χ0) is 10.4. The van der Waals surface area contributed by atoms with Crippen LogP contribution in [0.3, 0.4) is 0 Å². The van der Waals surface area contributed by atoms with Crippen LogP contribution >= 0.6 is 12.4 Å². The van der Waals surface area contributed by atoms with Gasteiger partial charge in [-0.2, -0.15) is 0 Å². The van der Waals surface area contributed by atoms with Crippen molar-refractivity contribution >= 4 is 18.4 Å². The standard InChI is InChI=1S/C10H19NO3.ClH/c1-3-14-10(12)9(11-2)8-4-6-13-7-5-8;/h8-9,11H,3-7H2,1-2H3;1H. The lowest BCUT2D eigenvalue weighted by atomic mass is 9.92. The van der Waals surface area contributed by atoms with E-state index in [2.05, 4.69) is 5.32 Å². The second-order valence-corrected chi connectivity index (χ2v) is 3.47. The fourth-order valence-corrected chi connectivity index (χ4v) is 1.83. The lowest BCUT2D eigenvalue weighted by molar-refractivity contribution is -0.148. The van der Waals surface area contributed by atoms with Gasteiger partial charge in [-0.1, -0.05) is 0 Å². The van der Waals surface area contributed by atoms with Crippen LogP contribution in [-0.4, -0.2) is 38.9 Å². The number of halogens is 1. The molecule has 1 atom stereocenters. The van der Waals surface area contributed by atoms with E-state index >= 15 is 0 Å². The van der Waals surface area contributed by atoms with E-state index in [1.54, 1.807) is 7.05 Å². The molecule has 1 aliphatic rings. The number of hydrogen-bond donors (Lipinski definition) is 1. The number of rotatable bonds is 4. The van der Waals surface area contributed by atoms with Crippen molar-refractivity contribution in [3.8, 4) is 0 Å². The third-order valence-electron chi connectivity index (χ3n) is 2.59. The van der Waals surface area contributed by atoms with Crippen LogP contribution in [0, 0.1) is 5.92 Å². The zero-order valence-corrected chi connectivity index (χ0v) is 10.1. The fourth-order valence-electron chi connectivity index (χ4n) is 1.83. The van der Waals surface area contributed by atoms with E-state index in [1.165, 1.54) is 0 Å². The molecular formula is C10H20ClNO3. The van der Waals surface area contributed by atoms with Gasteiger partial charge in [0.25, 0.3) is 0 Å². The second-order valence-electron chi connectivity index (χ2n) is 3.47. The van der Waals surface area contributed by atoms with E-state index in [-0.39, 0.29) is 24.4 Å². The monoisotopic (exact) mass is 237 g/mol. The van der Waals surface area contributed by atoms with Gasteiger partial charge in [0.1, 0.15) is 6.04 Å². The zero-order valence-electron chi connectivity index (χ0n) is 9.32. The van der Waals surface area contributed by atoms with Crippen LogP contribution in [0.25, 0.3) is 0 Å². The number of hydrogen-bond acceptors (Lipinski definition) is 4. The maximum absolute atomic E-state index is 11.5. The van der Waals surface area contributed by atoms with E-state index < -0.39 is 0 Å². The van der Waals surface area contributed by atoms with E-state index in [0.29, 0.717) is 12.5 Å². The first-order chi connectivity index (χ1) is 6.79. The molecule has 1 aliphatic heterocycles. The van der Waals surface area contributed by atoms with Crippen molar-refractivity contribution in [2.45, 2.75) is 25.8 Å². The van der Waals surface area contributed by atoms with Gasteiger partial charge in [-0.05, 0) is 32.7 Å². The van der Waals surface area contributed by atoms with Crippen molar-refractivity contribution in [1.29, 1.82) is 0 Å². The van der Waals surface area contributed by atoms with Crippen LogP contribution < -0.4 is 5.32 Å². The first-order valence-electron chi connectivity index (χ1n) is 5.21. The average Bonchev–Trinajstić information content (AvgIpc) is 2.21. The molecule has 0 aromatic heterocycles. The van der Waals surface area contributed by atoms with Gasteiger partial charge in [0.15, 0.2) is 0 Å². The molecule has 0 aromatic carbocycles. The topological polar surface area (TPSA) is 47.6 Å². The highest BCUT2D eigenvalue weighted by Gasteiger charge is 2.29. The minimum Gasteiger partial charge on any atom is -0.465 e. The first-order valence-corrected chi connectivity index (χ1v) is 5.21. The summed E-state index contributed by atoms with van der Waals surface area (Å²) in [5.74, 6) is 0.217. The van der Waals surface area contributed by atoms with Crippen LogP contribution in [0.2, 0.25) is 0 Å². The highest BCUT2D eigenvalue weighted by molar-refractivity contribution is 5.85. The van der Waals surface area contributed by atoms with Crippen molar-refractivity contribution in [3.63, 3.8) is 0 Å². The molecule has 1 fully saturated rings. The Morgan fingerprint density at radius 3 is 2.60 bits per heavy atom. The Balaban J connectivity index is 0.00000196. The van der Waals surface area contributed by atoms with Crippen LogP contribution in [0.1, 0.15) is 19.8 Å². The molecule has 0 amide bonds. The Bertz CT molecular complexity index is 184. The van der Waals surface area contributed by atoms with E-state index in [1.807, 2.05) is 6.92 Å². The van der Waals surface area contributed by atoms with Gasteiger partial charge < -0.3 is 14.8 Å². The molecule has 1 heterocycles. The highest BCUT2D eigenvalue weighted by Crippen LogP contribution is 2.19. The fraction of sp³-hybridized carbons (Fsp3) is 0.900. The lowest BCUT2D eigenvalue weighted by Gasteiger charge is -2.28. The minimum atomic E-state index is -0.168. The molecule has 0 radical (unpaired) electrons. The first kappa shape index (κ1) is 14.7. The normalized spacial score (nSPS) is 19.1. The maximum Gasteiger partial charge on any atom is 0.323 e. The van der Waals surface area contributed by atoms with Crippen molar-refractivity contribution in [3.05, 3.63) is 0 Å². The van der Waals surface area contributed by atoms with Crippen molar-refractivity contribution in [1.82, 2.24) is 5.32 Å². The Morgan fingerprint density at radius 1 is 1.53 bits per heavy atom. The summed E-state index contributed by atoms with van der Waals surface area (Å²) >= 11 is 0. The summed E-state index contributed by atoms with van der Waals surface area (Å²) in [7, 11) is 1.80. The molecule has 90 valence electrons. The maximum atomic E-state index is 11.5. The molecule has 0 aliphatic carbocycles. The smallest absolute Gasteiger partial charge is 0.323 e.